The van der Waals surface area contributed by atoms with E-state index in [1.807, 2.05) is 38.1 Å². The highest BCUT2D eigenvalue weighted by Gasteiger charge is 2.06. The smallest absolute Gasteiger partial charge is 0.335 e. The SMILES string of the molecule is CC(C)Oc1ccc(CNc2cccc(C(=O)O)c2)cc1Cl. The average molecular weight is 320 g/mol. The van der Waals surface area contributed by atoms with Crippen molar-refractivity contribution in [2.24, 2.45) is 0 Å². The predicted octanol–water partition coefficient (Wildman–Crippen LogP) is 4.44. The molecule has 0 heterocycles. The molecule has 0 fully saturated rings. The van der Waals surface area contributed by atoms with Gasteiger partial charge in [-0.3, -0.25) is 0 Å². The van der Waals surface area contributed by atoms with Crippen LogP contribution in [0, 0.1) is 0 Å². The zero-order valence-electron chi connectivity index (χ0n) is 12.5. The molecule has 2 N–H and O–H groups in total. The van der Waals surface area contributed by atoms with Gasteiger partial charge in [0.05, 0.1) is 16.7 Å². The number of rotatable bonds is 6. The molecule has 0 unspecified atom stereocenters. The van der Waals surface area contributed by atoms with Crippen LogP contribution in [-0.2, 0) is 6.54 Å². The van der Waals surface area contributed by atoms with E-state index in [1.165, 1.54) is 0 Å². The Hall–Kier alpha value is -2.20. The minimum absolute atomic E-state index is 0.0697. The Morgan fingerprint density at radius 1 is 1.27 bits per heavy atom. The fourth-order valence-corrected chi connectivity index (χ4v) is 2.22. The van der Waals surface area contributed by atoms with Gasteiger partial charge in [0.25, 0.3) is 0 Å². The fourth-order valence-electron chi connectivity index (χ4n) is 1.97. The van der Waals surface area contributed by atoms with Gasteiger partial charge in [-0.1, -0.05) is 23.7 Å². The van der Waals surface area contributed by atoms with Crippen LogP contribution in [0.1, 0.15) is 29.8 Å². The first-order valence-electron chi connectivity index (χ1n) is 6.98. The summed E-state index contributed by atoms with van der Waals surface area (Å²) in [6.07, 6.45) is 0.0697. The van der Waals surface area contributed by atoms with Crippen molar-refractivity contribution in [1.29, 1.82) is 0 Å². The van der Waals surface area contributed by atoms with Crippen LogP contribution in [0.5, 0.6) is 5.75 Å². The maximum atomic E-state index is 10.9. The van der Waals surface area contributed by atoms with Crippen LogP contribution in [0.2, 0.25) is 5.02 Å². The van der Waals surface area contributed by atoms with Crippen molar-refractivity contribution < 1.29 is 14.6 Å². The molecule has 0 spiro atoms. The maximum Gasteiger partial charge on any atom is 0.335 e. The Kier molecular flexibility index (Phi) is 5.28. The first kappa shape index (κ1) is 16.2. The molecule has 0 aliphatic rings. The number of nitrogens with one attached hydrogen (secondary N) is 1. The van der Waals surface area contributed by atoms with E-state index in [9.17, 15) is 4.79 Å². The van der Waals surface area contributed by atoms with Gasteiger partial charge in [-0.05, 0) is 49.7 Å². The van der Waals surface area contributed by atoms with Gasteiger partial charge in [-0.25, -0.2) is 4.79 Å². The molecule has 5 heteroatoms. The highest BCUT2D eigenvalue weighted by Crippen LogP contribution is 2.26. The lowest BCUT2D eigenvalue weighted by Crippen LogP contribution is -2.06. The molecule has 2 aromatic carbocycles. The summed E-state index contributed by atoms with van der Waals surface area (Å²) in [5.41, 5.74) is 1.99. The van der Waals surface area contributed by atoms with Crippen LogP contribution in [-0.4, -0.2) is 17.2 Å². The number of carboxylic acids is 1. The standard InChI is InChI=1S/C17H18ClNO3/c1-11(2)22-16-7-6-12(8-15(16)18)10-19-14-5-3-4-13(9-14)17(20)21/h3-9,11,19H,10H2,1-2H3,(H,20,21). The summed E-state index contributed by atoms with van der Waals surface area (Å²) in [4.78, 5) is 10.9. The molecule has 0 atom stereocenters. The van der Waals surface area contributed by atoms with Gasteiger partial charge in [0.2, 0.25) is 0 Å². The van der Waals surface area contributed by atoms with Gasteiger partial charge in [-0.15, -0.1) is 0 Å². The quantitative estimate of drug-likeness (QED) is 0.826. The Labute approximate surface area is 134 Å². The maximum absolute atomic E-state index is 10.9. The molecule has 0 aromatic heterocycles. The number of halogens is 1. The van der Waals surface area contributed by atoms with E-state index < -0.39 is 5.97 Å². The summed E-state index contributed by atoms with van der Waals surface area (Å²) in [6, 6.07) is 12.3. The number of hydrogen-bond donors (Lipinski definition) is 2. The van der Waals surface area contributed by atoms with Crippen molar-refractivity contribution in [3.05, 3.63) is 58.6 Å². The molecular weight excluding hydrogens is 302 g/mol. The van der Waals surface area contributed by atoms with Crippen LogP contribution in [0.15, 0.2) is 42.5 Å². The number of carbonyl (C=O) groups is 1. The lowest BCUT2D eigenvalue weighted by molar-refractivity contribution is 0.0697. The van der Waals surface area contributed by atoms with Crippen LogP contribution in [0.3, 0.4) is 0 Å². The zero-order chi connectivity index (χ0) is 16.1. The first-order valence-corrected chi connectivity index (χ1v) is 7.36. The van der Waals surface area contributed by atoms with E-state index in [1.54, 1.807) is 18.2 Å². The number of carboxylic acid groups (broad SMARTS) is 1. The average Bonchev–Trinajstić information content (AvgIpc) is 2.47. The number of anilines is 1. The molecule has 116 valence electrons. The highest BCUT2D eigenvalue weighted by atomic mass is 35.5. The monoisotopic (exact) mass is 319 g/mol. The molecule has 0 aliphatic heterocycles. The second-order valence-electron chi connectivity index (χ2n) is 5.17. The molecular formula is C17H18ClNO3. The van der Waals surface area contributed by atoms with Crippen molar-refractivity contribution in [2.45, 2.75) is 26.5 Å². The van der Waals surface area contributed by atoms with Gasteiger partial charge in [0.1, 0.15) is 5.75 Å². The van der Waals surface area contributed by atoms with E-state index in [-0.39, 0.29) is 11.7 Å². The molecule has 2 rings (SSSR count). The predicted molar refractivity (Wildman–Crippen MR) is 87.9 cm³/mol. The minimum Gasteiger partial charge on any atom is -0.489 e. The number of aromatic carboxylic acids is 1. The van der Waals surface area contributed by atoms with Crippen LogP contribution < -0.4 is 10.1 Å². The van der Waals surface area contributed by atoms with Crippen molar-refractivity contribution >= 4 is 23.3 Å². The van der Waals surface area contributed by atoms with Crippen LogP contribution in [0.4, 0.5) is 5.69 Å². The van der Waals surface area contributed by atoms with E-state index >= 15 is 0 Å². The number of hydrogen-bond acceptors (Lipinski definition) is 3. The van der Waals surface area contributed by atoms with Gasteiger partial charge in [0.15, 0.2) is 0 Å². The van der Waals surface area contributed by atoms with Gasteiger partial charge >= 0.3 is 5.97 Å². The molecule has 0 amide bonds. The third kappa shape index (κ3) is 4.40. The summed E-state index contributed by atoms with van der Waals surface area (Å²) < 4.78 is 5.59. The molecule has 0 radical (unpaired) electrons. The Morgan fingerprint density at radius 3 is 2.68 bits per heavy atom. The highest BCUT2D eigenvalue weighted by molar-refractivity contribution is 6.32. The Bertz CT molecular complexity index is 671. The second-order valence-corrected chi connectivity index (χ2v) is 5.58. The number of ether oxygens (including phenoxy) is 1. The molecule has 0 saturated heterocycles. The normalized spacial score (nSPS) is 10.5. The molecule has 4 nitrogen and oxygen atoms in total. The van der Waals surface area contributed by atoms with Crippen LogP contribution >= 0.6 is 11.6 Å². The van der Waals surface area contributed by atoms with E-state index in [0.29, 0.717) is 17.3 Å². The topological polar surface area (TPSA) is 58.6 Å². The van der Waals surface area contributed by atoms with Gasteiger partial charge < -0.3 is 15.2 Å². The van der Waals surface area contributed by atoms with Gasteiger partial charge in [0, 0.05) is 12.2 Å². The van der Waals surface area contributed by atoms with E-state index in [4.69, 9.17) is 21.4 Å². The van der Waals surface area contributed by atoms with Crippen molar-refractivity contribution in [1.82, 2.24) is 0 Å². The summed E-state index contributed by atoms with van der Waals surface area (Å²) in [5.74, 6) is -0.282. The third-order valence-electron chi connectivity index (χ3n) is 2.97. The van der Waals surface area contributed by atoms with Crippen LogP contribution in [0.25, 0.3) is 0 Å². The van der Waals surface area contributed by atoms with E-state index in [0.717, 1.165) is 11.3 Å². The lowest BCUT2D eigenvalue weighted by atomic mass is 10.2. The minimum atomic E-state index is -0.943. The molecule has 0 saturated carbocycles. The van der Waals surface area contributed by atoms with E-state index in [2.05, 4.69) is 5.32 Å². The largest absolute Gasteiger partial charge is 0.489 e. The Balaban J connectivity index is 2.04. The zero-order valence-corrected chi connectivity index (χ0v) is 13.2. The third-order valence-corrected chi connectivity index (χ3v) is 3.26. The van der Waals surface area contributed by atoms with Crippen molar-refractivity contribution in [3.8, 4) is 5.75 Å². The molecule has 0 bridgehead atoms. The second kappa shape index (κ2) is 7.18. The first-order chi connectivity index (χ1) is 10.5. The fraction of sp³-hybridized carbons (Fsp3) is 0.235. The summed E-state index contributed by atoms with van der Waals surface area (Å²) in [6.45, 7) is 4.44. The van der Waals surface area contributed by atoms with Crippen molar-refractivity contribution in [2.75, 3.05) is 5.32 Å². The molecule has 2 aromatic rings. The summed E-state index contributed by atoms with van der Waals surface area (Å²) in [5, 5.41) is 12.7. The lowest BCUT2D eigenvalue weighted by Gasteiger charge is -2.13. The van der Waals surface area contributed by atoms with Gasteiger partial charge in [-0.2, -0.15) is 0 Å². The van der Waals surface area contributed by atoms with Crippen molar-refractivity contribution in [3.63, 3.8) is 0 Å². The number of benzene rings is 2. The Morgan fingerprint density at radius 2 is 2.05 bits per heavy atom. The summed E-state index contributed by atoms with van der Waals surface area (Å²) >= 11 is 6.19. The summed E-state index contributed by atoms with van der Waals surface area (Å²) in [7, 11) is 0. The molecule has 22 heavy (non-hydrogen) atoms. The molecule has 0 aliphatic carbocycles.